The van der Waals surface area contributed by atoms with Crippen LogP contribution in [0.1, 0.15) is 22.8 Å². The van der Waals surface area contributed by atoms with Crippen molar-refractivity contribution in [2.75, 3.05) is 26.0 Å². The summed E-state index contributed by atoms with van der Waals surface area (Å²) in [5, 5.41) is 2.87. The number of carbonyl (C=O) groups excluding carboxylic acids is 1. The number of methoxy groups -OCH3 is 1. The number of anilines is 1. The number of amides is 1. The van der Waals surface area contributed by atoms with Gasteiger partial charge in [0, 0.05) is 24.9 Å². The average molecular weight is 236 g/mol. The van der Waals surface area contributed by atoms with E-state index in [2.05, 4.69) is 5.32 Å². The molecule has 1 aromatic rings. The summed E-state index contributed by atoms with van der Waals surface area (Å²) < 4.78 is 5.01. The fraction of sp³-hybridized carbons (Fsp3) is 0.462. The number of ether oxygens (including phenoxy) is 1. The molecule has 94 valence electrons. The van der Waals surface area contributed by atoms with Crippen molar-refractivity contribution < 1.29 is 9.53 Å². The number of rotatable bonds is 5. The Morgan fingerprint density at radius 1 is 1.53 bits per heavy atom. The summed E-state index contributed by atoms with van der Waals surface area (Å²) in [7, 11) is 1.65. The van der Waals surface area contributed by atoms with E-state index in [1.54, 1.807) is 25.3 Å². The van der Waals surface area contributed by atoms with E-state index in [4.69, 9.17) is 10.5 Å². The van der Waals surface area contributed by atoms with E-state index in [-0.39, 0.29) is 5.91 Å². The van der Waals surface area contributed by atoms with E-state index in [1.165, 1.54) is 0 Å². The molecule has 0 aliphatic carbocycles. The molecule has 0 aliphatic heterocycles. The molecule has 0 radical (unpaired) electrons. The molecule has 0 aromatic heterocycles. The molecule has 1 amide bonds. The zero-order valence-electron chi connectivity index (χ0n) is 10.6. The molecule has 0 bridgehead atoms. The lowest BCUT2D eigenvalue weighted by Crippen LogP contribution is -2.29. The maximum absolute atomic E-state index is 11.8. The van der Waals surface area contributed by atoms with Crippen LogP contribution in [0.4, 0.5) is 5.69 Å². The second-order valence-electron chi connectivity index (χ2n) is 4.34. The van der Waals surface area contributed by atoms with Crippen LogP contribution in [0.2, 0.25) is 0 Å². The highest BCUT2D eigenvalue weighted by molar-refractivity contribution is 5.94. The standard InChI is InChI=1S/C13H20N2O2/c1-9(8-17-3)7-15-13(16)11-4-5-12(14)10(2)6-11/h4-6,9H,7-8,14H2,1-3H3,(H,15,16). The largest absolute Gasteiger partial charge is 0.399 e. The minimum atomic E-state index is -0.0731. The van der Waals surface area contributed by atoms with Gasteiger partial charge >= 0.3 is 0 Å². The van der Waals surface area contributed by atoms with E-state index in [0.29, 0.717) is 30.3 Å². The normalized spacial score (nSPS) is 12.2. The van der Waals surface area contributed by atoms with Crippen molar-refractivity contribution in [3.8, 4) is 0 Å². The number of nitrogens with two attached hydrogens (primary N) is 1. The Hall–Kier alpha value is -1.55. The molecule has 4 nitrogen and oxygen atoms in total. The van der Waals surface area contributed by atoms with Crippen molar-refractivity contribution in [1.82, 2.24) is 5.32 Å². The summed E-state index contributed by atoms with van der Waals surface area (Å²) in [4.78, 5) is 11.8. The summed E-state index contributed by atoms with van der Waals surface area (Å²) in [6.07, 6.45) is 0. The third-order valence-corrected chi connectivity index (χ3v) is 2.59. The van der Waals surface area contributed by atoms with E-state index >= 15 is 0 Å². The number of nitrogen functional groups attached to an aromatic ring is 1. The third kappa shape index (κ3) is 4.07. The van der Waals surface area contributed by atoms with Crippen LogP contribution < -0.4 is 11.1 Å². The summed E-state index contributed by atoms with van der Waals surface area (Å²) >= 11 is 0. The molecule has 1 rings (SSSR count). The number of benzene rings is 1. The Morgan fingerprint density at radius 2 is 2.24 bits per heavy atom. The number of carbonyl (C=O) groups is 1. The van der Waals surface area contributed by atoms with E-state index in [9.17, 15) is 4.79 Å². The van der Waals surface area contributed by atoms with Gasteiger partial charge in [-0.3, -0.25) is 4.79 Å². The van der Waals surface area contributed by atoms with Crippen LogP contribution in [0.3, 0.4) is 0 Å². The van der Waals surface area contributed by atoms with Gasteiger partial charge in [0.15, 0.2) is 0 Å². The van der Waals surface area contributed by atoms with Crippen LogP contribution in [-0.2, 0) is 4.74 Å². The number of hydrogen-bond acceptors (Lipinski definition) is 3. The van der Waals surface area contributed by atoms with Crippen LogP contribution in [0.15, 0.2) is 18.2 Å². The van der Waals surface area contributed by atoms with Gasteiger partial charge in [0.25, 0.3) is 5.91 Å². The van der Waals surface area contributed by atoms with Crippen molar-refractivity contribution in [2.24, 2.45) is 5.92 Å². The molecular formula is C13H20N2O2. The van der Waals surface area contributed by atoms with E-state index in [1.807, 2.05) is 13.8 Å². The molecule has 1 aromatic carbocycles. The predicted molar refractivity (Wildman–Crippen MR) is 69.0 cm³/mol. The SMILES string of the molecule is COCC(C)CNC(=O)c1ccc(N)c(C)c1. The molecule has 1 unspecified atom stereocenters. The fourth-order valence-corrected chi connectivity index (χ4v) is 1.53. The minimum absolute atomic E-state index is 0.0731. The topological polar surface area (TPSA) is 64.3 Å². The van der Waals surface area contributed by atoms with E-state index in [0.717, 1.165) is 5.56 Å². The molecule has 17 heavy (non-hydrogen) atoms. The summed E-state index contributed by atoms with van der Waals surface area (Å²) in [6.45, 7) is 5.16. The lowest BCUT2D eigenvalue weighted by atomic mass is 10.1. The maximum atomic E-state index is 11.8. The first-order chi connectivity index (χ1) is 8.04. The molecule has 0 saturated carbocycles. The molecule has 0 fully saturated rings. The smallest absolute Gasteiger partial charge is 0.251 e. The monoisotopic (exact) mass is 236 g/mol. The minimum Gasteiger partial charge on any atom is -0.399 e. The van der Waals surface area contributed by atoms with E-state index < -0.39 is 0 Å². The molecule has 0 heterocycles. The number of hydrogen-bond donors (Lipinski definition) is 2. The fourth-order valence-electron chi connectivity index (χ4n) is 1.53. The van der Waals surface area contributed by atoms with Gasteiger partial charge in [-0.25, -0.2) is 0 Å². The van der Waals surface area contributed by atoms with Crippen molar-refractivity contribution in [1.29, 1.82) is 0 Å². The van der Waals surface area contributed by atoms with Crippen LogP contribution in [-0.4, -0.2) is 26.2 Å². The maximum Gasteiger partial charge on any atom is 0.251 e. The van der Waals surface area contributed by atoms with Crippen LogP contribution in [0, 0.1) is 12.8 Å². The lowest BCUT2D eigenvalue weighted by Gasteiger charge is -2.12. The predicted octanol–water partition coefficient (Wildman–Crippen LogP) is 1.59. The van der Waals surface area contributed by atoms with Gasteiger partial charge < -0.3 is 15.8 Å². The van der Waals surface area contributed by atoms with Crippen LogP contribution in [0.5, 0.6) is 0 Å². The first kappa shape index (κ1) is 13.5. The zero-order valence-corrected chi connectivity index (χ0v) is 10.6. The van der Waals surface area contributed by atoms with Crippen LogP contribution in [0.25, 0.3) is 0 Å². The van der Waals surface area contributed by atoms with Gasteiger partial charge in [-0.15, -0.1) is 0 Å². The van der Waals surface area contributed by atoms with Crippen molar-refractivity contribution >= 4 is 11.6 Å². The molecule has 0 spiro atoms. The van der Waals surface area contributed by atoms with Gasteiger partial charge in [0.1, 0.15) is 0 Å². The Kier molecular flexibility index (Phi) is 4.97. The Bertz CT molecular complexity index is 391. The summed E-state index contributed by atoms with van der Waals surface area (Å²) in [6, 6.07) is 5.28. The lowest BCUT2D eigenvalue weighted by molar-refractivity contribution is 0.0934. The second kappa shape index (κ2) is 6.25. The third-order valence-electron chi connectivity index (χ3n) is 2.59. The first-order valence-electron chi connectivity index (χ1n) is 5.68. The molecule has 3 N–H and O–H groups in total. The molecule has 1 atom stereocenters. The van der Waals surface area contributed by atoms with Gasteiger partial charge in [-0.2, -0.15) is 0 Å². The highest BCUT2D eigenvalue weighted by Gasteiger charge is 2.08. The Labute approximate surface area is 102 Å². The zero-order chi connectivity index (χ0) is 12.8. The van der Waals surface area contributed by atoms with Crippen LogP contribution >= 0.6 is 0 Å². The van der Waals surface area contributed by atoms with Gasteiger partial charge in [0.05, 0.1) is 6.61 Å². The van der Waals surface area contributed by atoms with Crippen molar-refractivity contribution in [3.05, 3.63) is 29.3 Å². The molecule has 0 aliphatic rings. The molecular weight excluding hydrogens is 216 g/mol. The highest BCUT2D eigenvalue weighted by atomic mass is 16.5. The van der Waals surface area contributed by atoms with Gasteiger partial charge in [-0.1, -0.05) is 6.92 Å². The van der Waals surface area contributed by atoms with Crippen molar-refractivity contribution in [3.63, 3.8) is 0 Å². The Morgan fingerprint density at radius 3 is 2.82 bits per heavy atom. The number of aryl methyl sites for hydroxylation is 1. The second-order valence-corrected chi connectivity index (χ2v) is 4.34. The van der Waals surface area contributed by atoms with Crippen molar-refractivity contribution in [2.45, 2.75) is 13.8 Å². The highest BCUT2D eigenvalue weighted by Crippen LogP contribution is 2.12. The Balaban J connectivity index is 2.55. The molecule has 4 heteroatoms. The summed E-state index contributed by atoms with van der Waals surface area (Å²) in [5.74, 6) is 0.231. The molecule has 0 saturated heterocycles. The first-order valence-corrected chi connectivity index (χ1v) is 5.68. The quantitative estimate of drug-likeness (QED) is 0.763. The average Bonchev–Trinajstić information content (AvgIpc) is 2.30. The van der Waals surface area contributed by atoms with Gasteiger partial charge in [0.2, 0.25) is 0 Å². The summed E-state index contributed by atoms with van der Waals surface area (Å²) in [5.41, 5.74) is 7.96. The number of nitrogens with one attached hydrogen (secondary N) is 1. The van der Waals surface area contributed by atoms with Gasteiger partial charge in [-0.05, 0) is 36.6 Å².